The lowest BCUT2D eigenvalue weighted by Gasteiger charge is -1.87. The fourth-order valence-corrected chi connectivity index (χ4v) is 0.640. The van der Waals surface area contributed by atoms with Gasteiger partial charge in [0.05, 0.1) is 0 Å². The molecule has 0 heteroatoms. The van der Waals surface area contributed by atoms with E-state index >= 15 is 0 Å². The van der Waals surface area contributed by atoms with Crippen LogP contribution in [0.3, 0.4) is 0 Å². The maximum Gasteiger partial charge on any atom is 0.00890 e. The van der Waals surface area contributed by atoms with E-state index in [2.05, 4.69) is 25.7 Å². The highest BCUT2D eigenvalue weighted by molar-refractivity contribution is 4.98. The van der Waals surface area contributed by atoms with Crippen molar-refractivity contribution in [2.75, 3.05) is 0 Å². The number of hydrogen-bond acceptors (Lipinski definition) is 0. The third-order valence-corrected chi connectivity index (χ3v) is 1.16. The van der Waals surface area contributed by atoms with Gasteiger partial charge in [0.15, 0.2) is 0 Å². The summed E-state index contributed by atoms with van der Waals surface area (Å²) in [6, 6.07) is 0. The molecule has 0 bridgehead atoms. The topological polar surface area (TPSA) is 0 Å². The van der Waals surface area contributed by atoms with Crippen LogP contribution in [0.4, 0.5) is 0 Å². The van der Waals surface area contributed by atoms with Crippen LogP contribution in [0.2, 0.25) is 0 Å². The first-order valence-electron chi connectivity index (χ1n) is 3.66. The Balaban J connectivity index is 2.90. The normalized spacial score (nSPS) is 8.22. The van der Waals surface area contributed by atoms with E-state index in [1.165, 1.54) is 19.3 Å². The Morgan fingerprint density at radius 2 is 2.00 bits per heavy atom. The first kappa shape index (κ1) is 8.56. The van der Waals surface area contributed by atoms with Crippen molar-refractivity contribution in [3.63, 3.8) is 0 Å². The fraction of sp³-hybridized carbons (Fsp3) is 0.667. The Kier molecular flexibility index (Phi) is 7.19. The molecule has 0 amide bonds. The molecular formula is C9H15. The molecule has 1 radical (unpaired) electrons. The van der Waals surface area contributed by atoms with Gasteiger partial charge in [0.1, 0.15) is 0 Å². The predicted molar refractivity (Wildman–Crippen MR) is 41.9 cm³/mol. The summed E-state index contributed by atoms with van der Waals surface area (Å²) in [6.07, 6.45) is 5.66. The molecule has 0 saturated heterocycles. The maximum absolute atomic E-state index is 3.63. The Bertz CT molecular complexity index is 92.3. The van der Waals surface area contributed by atoms with Gasteiger partial charge in [0, 0.05) is 12.8 Å². The lowest BCUT2D eigenvalue weighted by molar-refractivity contribution is 0.737. The van der Waals surface area contributed by atoms with Crippen molar-refractivity contribution in [2.45, 2.75) is 39.0 Å². The zero-order valence-corrected chi connectivity index (χ0v) is 6.24. The van der Waals surface area contributed by atoms with Gasteiger partial charge >= 0.3 is 0 Å². The zero-order chi connectivity index (χ0) is 6.95. The van der Waals surface area contributed by atoms with Crippen LogP contribution >= 0.6 is 0 Å². The minimum absolute atomic E-state index is 0.756. The highest BCUT2D eigenvalue weighted by atomic mass is 13.8. The van der Waals surface area contributed by atoms with Gasteiger partial charge in [0.2, 0.25) is 0 Å². The molecular weight excluding hydrogens is 108 g/mol. The van der Waals surface area contributed by atoms with Crippen LogP contribution in [-0.4, -0.2) is 0 Å². The summed E-state index contributed by atoms with van der Waals surface area (Å²) in [4.78, 5) is 0. The second-order valence-electron chi connectivity index (χ2n) is 2.06. The second kappa shape index (κ2) is 7.56. The van der Waals surface area contributed by atoms with E-state index in [-0.39, 0.29) is 0 Å². The summed E-state index contributed by atoms with van der Waals surface area (Å²) in [7, 11) is 0. The summed E-state index contributed by atoms with van der Waals surface area (Å²) < 4.78 is 0. The lowest BCUT2D eigenvalue weighted by atomic mass is 10.2. The SMILES string of the molecule is [CH2]CC#CCCCCC. The van der Waals surface area contributed by atoms with Crippen LogP contribution in [0.25, 0.3) is 0 Å². The highest BCUT2D eigenvalue weighted by Crippen LogP contribution is 1.96. The van der Waals surface area contributed by atoms with Crippen molar-refractivity contribution < 1.29 is 0 Å². The number of hydrogen-bond donors (Lipinski definition) is 0. The van der Waals surface area contributed by atoms with Gasteiger partial charge in [0.25, 0.3) is 0 Å². The van der Waals surface area contributed by atoms with E-state index in [1.54, 1.807) is 0 Å². The summed E-state index contributed by atoms with van der Waals surface area (Å²) in [6.45, 7) is 5.83. The quantitative estimate of drug-likeness (QED) is 0.400. The fourth-order valence-electron chi connectivity index (χ4n) is 0.640. The predicted octanol–water partition coefficient (Wildman–Crippen LogP) is 2.79. The van der Waals surface area contributed by atoms with Gasteiger partial charge in [-0.15, -0.1) is 11.8 Å². The molecule has 0 aliphatic heterocycles. The average Bonchev–Trinajstić information content (AvgIpc) is 1.89. The summed E-state index contributed by atoms with van der Waals surface area (Å²) in [5.74, 6) is 6.00. The number of unbranched alkanes of at least 4 members (excludes halogenated alkanes) is 3. The van der Waals surface area contributed by atoms with Crippen molar-refractivity contribution >= 4 is 0 Å². The Morgan fingerprint density at radius 3 is 2.56 bits per heavy atom. The van der Waals surface area contributed by atoms with E-state index in [4.69, 9.17) is 0 Å². The Morgan fingerprint density at radius 1 is 1.22 bits per heavy atom. The molecule has 0 rings (SSSR count). The number of rotatable bonds is 3. The highest BCUT2D eigenvalue weighted by Gasteiger charge is 1.78. The van der Waals surface area contributed by atoms with Crippen LogP contribution in [0.5, 0.6) is 0 Å². The van der Waals surface area contributed by atoms with E-state index in [1.807, 2.05) is 0 Å². The molecule has 0 saturated carbocycles. The van der Waals surface area contributed by atoms with Crippen molar-refractivity contribution in [1.82, 2.24) is 0 Å². The standard InChI is InChI=1S/C9H15/c1-3-5-7-9-8-6-4-2/h1,3-4,6,8-9H2,2H3. The average molecular weight is 123 g/mol. The molecule has 0 aromatic carbocycles. The molecule has 0 fully saturated rings. The van der Waals surface area contributed by atoms with Crippen molar-refractivity contribution in [3.05, 3.63) is 6.92 Å². The summed E-state index contributed by atoms with van der Waals surface area (Å²) in [5.41, 5.74) is 0. The monoisotopic (exact) mass is 123 g/mol. The maximum atomic E-state index is 3.63. The largest absolute Gasteiger partial charge is 0.103 e. The smallest absolute Gasteiger partial charge is 0.00890 e. The lowest BCUT2D eigenvalue weighted by Crippen LogP contribution is -1.70. The Labute approximate surface area is 58.7 Å². The molecule has 51 valence electrons. The first-order valence-corrected chi connectivity index (χ1v) is 3.66. The van der Waals surface area contributed by atoms with Crippen molar-refractivity contribution in [1.29, 1.82) is 0 Å². The van der Waals surface area contributed by atoms with Gasteiger partial charge in [-0.1, -0.05) is 19.8 Å². The third kappa shape index (κ3) is 7.56. The summed E-state index contributed by atoms with van der Waals surface area (Å²) >= 11 is 0. The van der Waals surface area contributed by atoms with Crippen molar-refractivity contribution in [2.24, 2.45) is 0 Å². The minimum atomic E-state index is 0.756. The van der Waals surface area contributed by atoms with Crippen LogP contribution < -0.4 is 0 Å². The molecule has 0 N–H and O–H groups in total. The molecule has 9 heavy (non-hydrogen) atoms. The van der Waals surface area contributed by atoms with Gasteiger partial charge in [-0.05, 0) is 13.3 Å². The van der Waals surface area contributed by atoms with Gasteiger partial charge in [-0.3, -0.25) is 0 Å². The van der Waals surface area contributed by atoms with Gasteiger partial charge in [-0.25, -0.2) is 0 Å². The van der Waals surface area contributed by atoms with Crippen LogP contribution in [-0.2, 0) is 0 Å². The van der Waals surface area contributed by atoms with E-state index < -0.39 is 0 Å². The van der Waals surface area contributed by atoms with Gasteiger partial charge in [-0.2, -0.15) is 0 Å². The zero-order valence-electron chi connectivity index (χ0n) is 6.24. The molecule has 0 aromatic rings. The minimum Gasteiger partial charge on any atom is -0.103 e. The molecule has 0 nitrogen and oxygen atoms in total. The molecule has 0 aliphatic rings. The van der Waals surface area contributed by atoms with E-state index in [0.29, 0.717) is 0 Å². The van der Waals surface area contributed by atoms with Crippen molar-refractivity contribution in [3.8, 4) is 11.8 Å². The van der Waals surface area contributed by atoms with Crippen LogP contribution in [0, 0.1) is 18.8 Å². The van der Waals surface area contributed by atoms with Crippen LogP contribution in [0.15, 0.2) is 0 Å². The first-order chi connectivity index (χ1) is 4.41. The molecule has 0 heterocycles. The molecule has 0 spiro atoms. The molecule has 0 aromatic heterocycles. The molecule has 0 unspecified atom stereocenters. The van der Waals surface area contributed by atoms with Gasteiger partial charge < -0.3 is 0 Å². The van der Waals surface area contributed by atoms with E-state index in [9.17, 15) is 0 Å². The van der Waals surface area contributed by atoms with E-state index in [0.717, 1.165) is 12.8 Å². The molecule has 0 aliphatic carbocycles. The van der Waals surface area contributed by atoms with Crippen LogP contribution in [0.1, 0.15) is 39.0 Å². The molecule has 0 atom stereocenters. The second-order valence-corrected chi connectivity index (χ2v) is 2.06. The Hall–Kier alpha value is -0.440. The summed E-state index contributed by atoms with van der Waals surface area (Å²) in [5, 5.41) is 0. The third-order valence-electron chi connectivity index (χ3n) is 1.16.